The van der Waals surface area contributed by atoms with E-state index >= 15 is 0 Å². The van der Waals surface area contributed by atoms with E-state index in [4.69, 9.17) is 9.47 Å². The van der Waals surface area contributed by atoms with Gasteiger partial charge in [-0.1, -0.05) is 6.92 Å². The number of fused-ring (bicyclic) bond motifs is 1. The number of morpholine rings is 1. The molecule has 2 aliphatic heterocycles. The lowest BCUT2D eigenvalue weighted by atomic mass is 9.82. The molecule has 1 amide bonds. The molecule has 0 aromatic heterocycles. The van der Waals surface area contributed by atoms with Crippen molar-refractivity contribution in [1.82, 2.24) is 9.80 Å². The fourth-order valence-corrected chi connectivity index (χ4v) is 4.39. The van der Waals surface area contributed by atoms with Crippen LogP contribution in [0.2, 0.25) is 0 Å². The molecule has 0 N–H and O–H groups in total. The fourth-order valence-electron chi connectivity index (χ4n) is 4.39. The van der Waals surface area contributed by atoms with Crippen molar-refractivity contribution in [2.75, 3.05) is 46.5 Å². The van der Waals surface area contributed by atoms with Crippen LogP contribution < -0.4 is 0 Å². The van der Waals surface area contributed by atoms with E-state index in [0.717, 1.165) is 64.6 Å². The number of nitrogens with zero attached hydrogens (tertiary/aromatic N) is 2. The zero-order valence-corrected chi connectivity index (χ0v) is 14.7. The lowest BCUT2D eigenvalue weighted by Gasteiger charge is -2.47. The van der Waals surface area contributed by atoms with Gasteiger partial charge in [-0.15, -0.1) is 0 Å². The molecule has 0 bridgehead atoms. The Balaban J connectivity index is 1.58. The highest BCUT2D eigenvalue weighted by atomic mass is 16.5. The van der Waals surface area contributed by atoms with Crippen LogP contribution in [0.5, 0.6) is 0 Å². The molecule has 2 saturated heterocycles. The number of piperidine rings is 1. The normalized spacial score (nSPS) is 35.8. The molecule has 1 saturated carbocycles. The molecule has 2 heterocycles. The number of rotatable bonds is 4. The molecule has 0 radical (unpaired) electrons. The molecule has 5 heteroatoms. The minimum Gasteiger partial charge on any atom is -0.383 e. The van der Waals surface area contributed by atoms with Crippen molar-refractivity contribution >= 4 is 5.91 Å². The van der Waals surface area contributed by atoms with Crippen LogP contribution in [0.15, 0.2) is 0 Å². The molecule has 3 rings (SSSR count). The third kappa shape index (κ3) is 4.06. The monoisotopic (exact) mass is 324 g/mol. The average Bonchev–Trinajstić information content (AvgIpc) is 2.59. The summed E-state index contributed by atoms with van der Waals surface area (Å²) in [4.78, 5) is 17.5. The fraction of sp³-hybridized carbons (Fsp3) is 0.944. The first-order valence-electron chi connectivity index (χ1n) is 9.32. The Hall–Kier alpha value is -0.650. The minimum atomic E-state index is 0.264. The number of likely N-dealkylation sites (tertiary alicyclic amines) is 1. The third-order valence-corrected chi connectivity index (χ3v) is 5.96. The summed E-state index contributed by atoms with van der Waals surface area (Å²) < 4.78 is 11.2. The number of carbonyl (C=O) groups excluding carboxylic acids is 1. The molecule has 2 atom stereocenters. The predicted molar refractivity (Wildman–Crippen MR) is 89.3 cm³/mol. The highest BCUT2D eigenvalue weighted by Gasteiger charge is 2.39. The van der Waals surface area contributed by atoms with Gasteiger partial charge in [0, 0.05) is 39.2 Å². The summed E-state index contributed by atoms with van der Waals surface area (Å²) in [6, 6.07) is 0.346. The van der Waals surface area contributed by atoms with Crippen LogP contribution in [0.3, 0.4) is 0 Å². The summed E-state index contributed by atoms with van der Waals surface area (Å²) in [7, 11) is 1.75. The lowest BCUT2D eigenvalue weighted by molar-refractivity contribution is -0.148. The third-order valence-electron chi connectivity index (χ3n) is 5.96. The van der Waals surface area contributed by atoms with Crippen molar-refractivity contribution in [3.63, 3.8) is 0 Å². The van der Waals surface area contributed by atoms with Gasteiger partial charge in [0.05, 0.1) is 25.4 Å². The van der Waals surface area contributed by atoms with Crippen LogP contribution in [0.4, 0.5) is 0 Å². The van der Waals surface area contributed by atoms with E-state index in [9.17, 15) is 4.79 Å². The number of carbonyl (C=O) groups is 1. The Labute approximate surface area is 140 Å². The van der Waals surface area contributed by atoms with E-state index in [1.807, 2.05) is 0 Å². The van der Waals surface area contributed by atoms with Gasteiger partial charge in [-0.25, -0.2) is 0 Å². The first kappa shape index (κ1) is 17.2. The van der Waals surface area contributed by atoms with Gasteiger partial charge in [-0.2, -0.15) is 0 Å². The van der Waals surface area contributed by atoms with Crippen molar-refractivity contribution < 1.29 is 14.3 Å². The summed E-state index contributed by atoms with van der Waals surface area (Å²) in [6.07, 6.45) is 5.83. The van der Waals surface area contributed by atoms with Gasteiger partial charge in [0.2, 0.25) is 5.91 Å². The molecule has 0 aromatic carbocycles. The maximum absolute atomic E-state index is 12.9. The Morgan fingerprint density at radius 1 is 1.17 bits per heavy atom. The average molecular weight is 324 g/mol. The summed E-state index contributed by atoms with van der Waals surface area (Å²) in [5.74, 6) is 1.45. The Kier molecular flexibility index (Phi) is 5.94. The van der Waals surface area contributed by atoms with Crippen LogP contribution in [-0.2, 0) is 14.3 Å². The van der Waals surface area contributed by atoms with E-state index in [2.05, 4.69) is 16.7 Å². The zero-order chi connectivity index (χ0) is 16.2. The molecule has 0 unspecified atom stereocenters. The van der Waals surface area contributed by atoms with E-state index in [-0.39, 0.29) is 12.0 Å². The largest absolute Gasteiger partial charge is 0.383 e. The molecule has 0 aromatic rings. The van der Waals surface area contributed by atoms with Gasteiger partial charge in [0.1, 0.15) is 0 Å². The first-order valence-corrected chi connectivity index (χ1v) is 9.32. The van der Waals surface area contributed by atoms with E-state index in [1.54, 1.807) is 7.11 Å². The van der Waals surface area contributed by atoms with Crippen molar-refractivity contribution in [1.29, 1.82) is 0 Å². The van der Waals surface area contributed by atoms with Crippen LogP contribution in [-0.4, -0.2) is 74.4 Å². The van der Waals surface area contributed by atoms with Gasteiger partial charge in [0.15, 0.2) is 0 Å². The van der Waals surface area contributed by atoms with E-state index in [0.29, 0.717) is 11.9 Å². The van der Waals surface area contributed by atoms with Gasteiger partial charge in [-0.05, 0) is 38.0 Å². The Bertz CT molecular complexity index is 396. The van der Waals surface area contributed by atoms with Crippen molar-refractivity contribution in [2.24, 2.45) is 11.8 Å². The highest BCUT2D eigenvalue weighted by Crippen LogP contribution is 2.31. The van der Waals surface area contributed by atoms with Crippen molar-refractivity contribution in [3.8, 4) is 0 Å². The number of hydrogen-bond donors (Lipinski definition) is 0. The highest BCUT2D eigenvalue weighted by molar-refractivity contribution is 5.79. The van der Waals surface area contributed by atoms with E-state index < -0.39 is 0 Å². The topological polar surface area (TPSA) is 42.0 Å². The molecule has 23 heavy (non-hydrogen) atoms. The van der Waals surface area contributed by atoms with Gasteiger partial charge >= 0.3 is 0 Å². The van der Waals surface area contributed by atoms with Crippen LogP contribution in [0.1, 0.15) is 39.0 Å². The minimum absolute atomic E-state index is 0.264. The smallest absolute Gasteiger partial charge is 0.225 e. The SMILES string of the molecule is COCCN1CCO[C@H]2CCN(C(=O)C3CCC(C)CC3)C[C@@H]21. The quantitative estimate of drug-likeness (QED) is 0.790. The van der Waals surface area contributed by atoms with Gasteiger partial charge in [0.25, 0.3) is 0 Å². The first-order chi connectivity index (χ1) is 11.2. The number of hydrogen-bond acceptors (Lipinski definition) is 4. The number of ether oxygens (including phenoxy) is 2. The molecule has 0 spiro atoms. The summed E-state index contributed by atoms with van der Waals surface area (Å²) in [5.41, 5.74) is 0. The van der Waals surface area contributed by atoms with E-state index in [1.165, 1.54) is 12.8 Å². The summed E-state index contributed by atoms with van der Waals surface area (Å²) in [6.45, 7) is 7.44. The van der Waals surface area contributed by atoms with Crippen LogP contribution >= 0.6 is 0 Å². The van der Waals surface area contributed by atoms with Crippen molar-refractivity contribution in [2.45, 2.75) is 51.2 Å². The maximum Gasteiger partial charge on any atom is 0.225 e. The second-order valence-corrected chi connectivity index (χ2v) is 7.54. The maximum atomic E-state index is 12.9. The molecule has 5 nitrogen and oxygen atoms in total. The Morgan fingerprint density at radius 3 is 2.70 bits per heavy atom. The number of amides is 1. The zero-order valence-electron chi connectivity index (χ0n) is 14.7. The number of methoxy groups -OCH3 is 1. The Morgan fingerprint density at radius 2 is 1.96 bits per heavy atom. The standard InChI is InChI=1S/C18H32N2O3/c1-14-3-5-15(6-4-14)18(21)20-8-7-17-16(13-20)19(9-11-22-2)10-12-23-17/h14-17H,3-13H2,1-2H3/t14?,15?,16-,17-/m0/s1. The molecular weight excluding hydrogens is 292 g/mol. The second-order valence-electron chi connectivity index (χ2n) is 7.54. The summed E-state index contributed by atoms with van der Waals surface area (Å²) >= 11 is 0. The molecule has 132 valence electrons. The van der Waals surface area contributed by atoms with Crippen LogP contribution in [0.25, 0.3) is 0 Å². The van der Waals surface area contributed by atoms with Gasteiger partial charge in [-0.3, -0.25) is 9.69 Å². The lowest BCUT2D eigenvalue weighted by Crippen LogP contribution is -2.61. The second kappa shape index (κ2) is 7.95. The molecular formula is C18H32N2O3. The van der Waals surface area contributed by atoms with Gasteiger partial charge < -0.3 is 14.4 Å². The predicted octanol–water partition coefficient (Wildman–Crippen LogP) is 1.76. The molecule has 1 aliphatic carbocycles. The summed E-state index contributed by atoms with van der Waals surface area (Å²) in [5, 5.41) is 0. The van der Waals surface area contributed by atoms with Crippen LogP contribution in [0, 0.1) is 11.8 Å². The molecule has 3 fully saturated rings. The molecule has 3 aliphatic rings. The van der Waals surface area contributed by atoms with Crippen molar-refractivity contribution in [3.05, 3.63) is 0 Å².